The van der Waals surface area contributed by atoms with Crippen molar-refractivity contribution in [3.05, 3.63) is 29.3 Å². The van der Waals surface area contributed by atoms with Crippen LogP contribution in [0.3, 0.4) is 0 Å². The van der Waals surface area contributed by atoms with Gasteiger partial charge in [-0.25, -0.2) is 4.79 Å². The van der Waals surface area contributed by atoms with E-state index in [1.807, 2.05) is 39.0 Å². The van der Waals surface area contributed by atoms with Crippen molar-refractivity contribution in [2.75, 3.05) is 18.4 Å². The molecule has 1 aromatic carbocycles. The van der Waals surface area contributed by atoms with Gasteiger partial charge in [-0.2, -0.15) is 0 Å². The Morgan fingerprint density at radius 1 is 1.40 bits per heavy atom. The van der Waals surface area contributed by atoms with Crippen LogP contribution >= 0.6 is 11.6 Å². The number of benzene rings is 1. The summed E-state index contributed by atoms with van der Waals surface area (Å²) in [6.07, 6.45) is -0.461. The summed E-state index contributed by atoms with van der Waals surface area (Å²) >= 11 is 6.06. The third-order valence-corrected chi connectivity index (χ3v) is 2.74. The second-order valence-corrected chi connectivity index (χ2v) is 5.85. The zero-order chi connectivity index (χ0) is 15.2. The predicted molar refractivity (Wildman–Crippen MR) is 82.2 cm³/mol. The number of halogens is 1. The van der Waals surface area contributed by atoms with E-state index in [2.05, 4.69) is 10.6 Å². The Kier molecular flexibility index (Phi) is 6.10. The first-order valence-corrected chi connectivity index (χ1v) is 6.87. The van der Waals surface area contributed by atoms with Crippen molar-refractivity contribution in [3.63, 3.8) is 0 Å². The number of rotatable bonds is 5. The van der Waals surface area contributed by atoms with Crippen molar-refractivity contribution in [2.24, 2.45) is 5.73 Å². The minimum atomic E-state index is -0.515. The third-order valence-electron chi connectivity index (χ3n) is 2.41. The van der Waals surface area contributed by atoms with Gasteiger partial charge in [0.05, 0.1) is 16.8 Å². The van der Waals surface area contributed by atoms with Crippen molar-refractivity contribution in [3.8, 4) is 0 Å². The lowest BCUT2D eigenvalue weighted by molar-refractivity contribution is 0.0526. The maximum Gasteiger partial charge on any atom is 0.407 e. The summed E-state index contributed by atoms with van der Waals surface area (Å²) < 4.78 is 5.16. The van der Waals surface area contributed by atoms with E-state index in [0.29, 0.717) is 18.1 Å². The summed E-state index contributed by atoms with van der Waals surface area (Å²) in [6.45, 7) is 6.16. The number of hydrogen-bond acceptors (Lipinski definition) is 4. The normalized spacial score (nSPS) is 12.7. The van der Waals surface area contributed by atoms with E-state index in [0.717, 1.165) is 5.69 Å². The first kappa shape index (κ1) is 16.6. The van der Waals surface area contributed by atoms with Crippen molar-refractivity contribution >= 4 is 23.4 Å². The molecular weight excluding hydrogens is 278 g/mol. The fourth-order valence-corrected chi connectivity index (χ4v) is 1.70. The number of nitrogens with one attached hydrogen (secondary N) is 2. The molecule has 6 heteroatoms. The van der Waals surface area contributed by atoms with Crippen LogP contribution in [0.1, 0.15) is 20.8 Å². The van der Waals surface area contributed by atoms with Crippen molar-refractivity contribution < 1.29 is 9.53 Å². The topological polar surface area (TPSA) is 76.4 Å². The lowest BCUT2D eigenvalue weighted by Crippen LogP contribution is -2.42. The lowest BCUT2D eigenvalue weighted by Gasteiger charge is -2.22. The average molecular weight is 300 g/mol. The van der Waals surface area contributed by atoms with E-state index in [4.69, 9.17) is 22.1 Å². The van der Waals surface area contributed by atoms with Crippen LogP contribution < -0.4 is 16.4 Å². The molecule has 0 aliphatic rings. The highest BCUT2D eigenvalue weighted by molar-refractivity contribution is 6.33. The molecule has 0 aliphatic carbocycles. The Morgan fingerprint density at radius 2 is 2.05 bits per heavy atom. The number of anilines is 1. The molecule has 20 heavy (non-hydrogen) atoms. The van der Waals surface area contributed by atoms with Gasteiger partial charge in [0.1, 0.15) is 5.60 Å². The summed E-state index contributed by atoms with van der Waals surface area (Å²) in [5.74, 6) is 0. The molecule has 1 atom stereocenters. The predicted octanol–water partition coefficient (Wildman–Crippen LogP) is 2.60. The van der Waals surface area contributed by atoms with E-state index >= 15 is 0 Å². The molecule has 0 radical (unpaired) electrons. The van der Waals surface area contributed by atoms with Crippen LogP contribution in [0.15, 0.2) is 24.3 Å². The maximum atomic E-state index is 11.6. The van der Waals surface area contributed by atoms with Gasteiger partial charge >= 0.3 is 6.09 Å². The van der Waals surface area contributed by atoms with Crippen LogP contribution in [0.25, 0.3) is 0 Å². The van der Waals surface area contributed by atoms with Crippen LogP contribution in [0.4, 0.5) is 10.5 Å². The fourth-order valence-electron chi connectivity index (χ4n) is 1.51. The van der Waals surface area contributed by atoms with Gasteiger partial charge in [-0.3, -0.25) is 0 Å². The molecule has 0 heterocycles. The number of nitrogens with two attached hydrogens (primary N) is 1. The minimum absolute atomic E-state index is 0.123. The second-order valence-electron chi connectivity index (χ2n) is 5.44. The Bertz CT molecular complexity index is 446. The van der Waals surface area contributed by atoms with Gasteiger partial charge in [0, 0.05) is 13.1 Å². The summed E-state index contributed by atoms with van der Waals surface area (Å²) in [5.41, 5.74) is 5.96. The van der Waals surface area contributed by atoms with E-state index in [-0.39, 0.29) is 6.04 Å². The Hall–Kier alpha value is -1.46. The number of para-hydroxylation sites is 1. The maximum absolute atomic E-state index is 11.6. The van der Waals surface area contributed by atoms with Crippen LogP contribution in [0, 0.1) is 0 Å². The van der Waals surface area contributed by atoms with E-state index in [1.54, 1.807) is 6.07 Å². The van der Waals surface area contributed by atoms with E-state index in [9.17, 15) is 4.79 Å². The highest BCUT2D eigenvalue weighted by atomic mass is 35.5. The third kappa shape index (κ3) is 6.12. The molecule has 0 saturated carbocycles. The first-order valence-electron chi connectivity index (χ1n) is 6.50. The van der Waals surface area contributed by atoms with Crippen LogP contribution in [-0.4, -0.2) is 30.8 Å². The average Bonchev–Trinajstić information content (AvgIpc) is 2.34. The van der Waals surface area contributed by atoms with E-state index < -0.39 is 11.7 Å². The molecule has 1 unspecified atom stereocenters. The number of carbonyl (C=O) groups excluding carboxylic acids is 1. The van der Waals surface area contributed by atoms with Gasteiger partial charge in [0.15, 0.2) is 0 Å². The first-order chi connectivity index (χ1) is 9.31. The fraction of sp³-hybridized carbons (Fsp3) is 0.500. The monoisotopic (exact) mass is 299 g/mol. The molecule has 0 aromatic heterocycles. The number of hydrogen-bond donors (Lipinski definition) is 3. The molecule has 1 rings (SSSR count). The number of alkyl carbamates (subject to hydrolysis) is 1. The molecular formula is C14H22ClN3O2. The van der Waals surface area contributed by atoms with Gasteiger partial charge in [-0.1, -0.05) is 23.7 Å². The molecule has 0 aliphatic heterocycles. The summed E-state index contributed by atoms with van der Waals surface area (Å²) in [7, 11) is 0. The van der Waals surface area contributed by atoms with Gasteiger partial charge in [0.25, 0.3) is 0 Å². The minimum Gasteiger partial charge on any atom is -0.444 e. The SMILES string of the molecule is CC(C)(C)OC(=O)NCC(CN)Nc1ccccc1Cl. The standard InChI is InChI=1S/C14H22ClN3O2/c1-14(2,3)20-13(19)17-9-10(8-16)18-12-7-5-4-6-11(12)15/h4-7,10,18H,8-9,16H2,1-3H3,(H,17,19). The van der Waals surface area contributed by atoms with Crippen LogP contribution in [0.2, 0.25) is 5.02 Å². The Morgan fingerprint density at radius 3 is 2.60 bits per heavy atom. The zero-order valence-corrected chi connectivity index (χ0v) is 12.8. The largest absolute Gasteiger partial charge is 0.444 e. The summed E-state index contributed by atoms with van der Waals surface area (Å²) in [6, 6.07) is 7.26. The molecule has 0 fully saturated rings. The number of amides is 1. The van der Waals surface area contributed by atoms with Crippen molar-refractivity contribution in [1.82, 2.24) is 5.32 Å². The van der Waals surface area contributed by atoms with Crippen LogP contribution in [-0.2, 0) is 4.74 Å². The molecule has 0 saturated heterocycles. The van der Waals surface area contributed by atoms with E-state index in [1.165, 1.54) is 0 Å². The summed E-state index contributed by atoms with van der Waals surface area (Å²) in [5, 5.41) is 6.49. The molecule has 112 valence electrons. The van der Waals surface area contributed by atoms with Crippen LogP contribution in [0.5, 0.6) is 0 Å². The smallest absolute Gasteiger partial charge is 0.407 e. The molecule has 1 amide bonds. The molecule has 1 aromatic rings. The number of carbonyl (C=O) groups is 1. The Labute approximate surface area is 124 Å². The van der Waals surface area contributed by atoms with Crippen molar-refractivity contribution in [2.45, 2.75) is 32.4 Å². The number of ether oxygens (including phenoxy) is 1. The second kappa shape index (κ2) is 7.36. The zero-order valence-electron chi connectivity index (χ0n) is 12.1. The van der Waals surface area contributed by atoms with Gasteiger partial charge in [-0.05, 0) is 32.9 Å². The van der Waals surface area contributed by atoms with Gasteiger partial charge < -0.3 is 21.1 Å². The Balaban J connectivity index is 2.48. The van der Waals surface area contributed by atoms with Gasteiger partial charge in [-0.15, -0.1) is 0 Å². The quantitative estimate of drug-likeness (QED) is 0.781. The highest BCUT2D eigenvalue weighted by Crippen LogP contribution is 2.20. The molecule has 5 nitrogen and oxygen atoms in total. The van der Waals surface area contributed by atoms with Gasteiger partial charge in [0.2, 0.25) is 0 Å². The van der Waals surface area contributed by atoms with Crippen molar-refractivity contribution in [1.29, 1.82) is 0 Å². The molecule has 0 bridgehead atoms. The highest BCUT2D eigenvalue weighted by Gasteiger charge is 2.17. The summed E-state index contributed by atoms with van der Waals surface area (Å²) in [4.78, 5) is 11.6. The lowest BCUT2D eigenvalue weighted by atomic mass is 10.2. The molecule has 0 spiro atoms. The molecule has 4 N–H and O–H groups in total.